The molecule has 2 aliphatic rings. The van der Waals surface area contributed by atoms with Crippen molar-refractivity contribution >= 4 is 28.3 Å². The maximum absolute atomic E-state index is 12.2. The predicted molar refractivity (Wildman–Crippen MR) is 109 cm³/mol. The fourth-order valence-electron chi connectivity index (χ4n) is 4.55. The van der Waals surface area contributed by atoms with Crippen LogP contribution in [0.1, 0.15) is 18.4 Å². The summed E-state index contributed by atoms with van der Waals surface area (Å²) in [5.41, 5.74) is 4.69. The highest BCUT2D eigenvalue weighted by atomic mass is 35.5. The second-order valence-electron chi connectivity index (χ2n) is 7.87. The molecule has 27 heavy (non-hydrogen) atoms. The maximum atomic E-state index is 12.2. The Morgan fingerprint density at radius 3 is 2.96 bits per heavy atom. The monoisotopic (exact) mass is 383 g/mol. The van der Waals surface area contributed by atoms with Gasteiger partial charge in [-0.3, -0.25) is 4.79 Å². The number of hydrogen-bond acceptors (Lipinski definition) is 4. The topological polar surface area (TPSA) is 76.8 Å². The molecule has 0 amide bonds. The lowest BCUT2D eigenvalue weighted by atomic mass is 9.86. The molecule has 1 unspecified atom stereocenters. The molecular weight excluding hydrogens is 362 g/mol. The van der Waals surface area contributed by atoms with E-state index in [1.54, 1.807) is 12.3 Å². The highest BCUT2D eigenvalue weighted by Gasteiger charge is 2.40. The minimum absolute atomic E-state index is 0.241. The second-order valence-corrected chi connectivity index (χ2v) is 8.28. The summed E-state index contributed by atoms with van der Waals surface area (Å²) in [4.78, 5) is 25.3. The van der Waals surface area contributed by atoms with Crippen LogP contribution in [0, 0.1) is 12.3 Å². The van der Waals surface area contributed by atoms with Crippen LogP contribution in [0.4, 0.5) is 5.69 Å². The molecule has 2 saturated heterocycles. The smallest absolute Gasteiger partial charge is 0.260 e. The van der Waals surface area contributed by atoms with Gasteiger partial charge in [-0.15, -0.1) is 0 Å². The van der Waals surface area contributed by atoms with E-state index in [1.807, 2.05) is 0 Å². The number of aromatic nitrogens is 3. The summed E-state index contributed by atoms with van der Waals surface area (Å²) in [6.07, 6.45) is 4.04. The number of rotatable bonds is 2. The van der Waals surface area contributed by atoms with Crippen LogP contribution in [0.15, 0.2) is 29.2 Å². The SMILES string of the molecule is Cc1cc(N2CCC3(CCNC3)C2)cc2[nH]c(-c3c(Cl)cc[nH]c3=O)nc12. The van der Waals surface area contributed by atoms with Gasteiger partial charge in [-0.05, 0) is 50.1 Å². The zero-order chi connectivity index (χ0) is 18.6. The van der Waals surface area contributed by atoms with Gasteiger partial charge in [-0.25, -0.2) is 4.98 Å². The molecule has 5 rings (SSSR count). The molecule has 3 N–H and O–H groups in total. The zero-order valence-corrected chi connectivity index (χ0v) is 16.0. The lowest BCUT2D eigenvalue weighted by Crippen LogP contribution is -2.29. The number of benzene rings is 1. The molecule has 3 aromatic rings. The summed E-state index contributed by atoms with van der Waals surface area (Å²) >= 11 is 6.24. The molecule has 0 saturated carbocycles. The third-order valence-corrected chi connectivity index (χ3v) is 6.36. The van der Waals surface area contributed by atoms with Crippen molar-refractivity contribution < 1.29 is 0 Å². The number of pyridine rings is 1. The maximum Gasteiger partial charge on any atom is 0.260 e. The minimum atomic E-state index is -0.241. The van der Waals surface area contributed by atoms with Crippen LogP contribution in [0.25, 0.3) is 22.4 Å². The Labute approximate surface area is 162 Å². The van der Waals surface area contributed by atoms with Gasteiger partial charge in [0.25, 0.3) is 5.56 Å². The molecule has 2 aromatic heterocycles. The van der Waals surface area contributed by atoms with Crippen LogP contribution in [-0.2, 0) is 0 Å². The Balaban J connectivity index is 1.55. The number of aromatic amines is 2. The van der Waals surface area contributed by atoms with Crippen molar-refractivity contribution in [1.29, 1.82) is 0 Å². The third kappa shape index (κ3) is 2.75. The van der Waals surface area contributed by atoms with Crippen molar-refractivity contribution in [2.24, 2.45) is 5.41 Å². The number of nitrogens with one attached hydrogen (secondary N) is 3. The fourth-order valence-corrected chi connectivity index (χ4v) is 4.79. The number of imidazole rings is 1. The zero-order valence-electron chi connectivity index (χ0n) is 15.2. The van der Waals surface area contributed by atoms with Crippen molar-refractivity contribution in [3.8, 4) is 11.4 Å². The van der Waals surface area contributed by atoms with Crippen LogP contribution in [0.5, 0.6) is 0 Å². The average Bonchev–Trinajstić information content (AvgIpc) is 3.36. The molecule has 0 aliphatic carbocycles. The summed E-state index contributed by atoms with van der Waals surface area (Å²) in [6, 6.07) is 6.01. The summed E-state index contributed by atoms with van der Waals surface area (Å²) in [7, 11) is 0. The summed E-state index contributed by atoms with van der Waals surface area (Å²) < 4.78 is 0. The van der Waals surface area contributed by atoms with Gasteiger partial charge in [0, 0.05) is 36.9 Å². The molecule has 6 nitrogen and oxygen atoms in total. The lowest BCUT2D eigenvalue weighted by Gasteiger charge is -2.24. The Morgan fingerprint density at radius 1 is 1.30 bits per heavy atom. The first kappa shape index (κ1) is 16.8. The van der Waals surface area contributed by atoms with E-state index >= 15 is 0 Å². The van der Waals surface area contributed by atoms with Crippen LogP contribution in [0.3, 0.4) is 0 Å². The van der Waals surface area contributed by atoms with E-state index in [9.17, 15) is 4.79 Å². The Kier molecular flexibility index (Phi) is 3.81. The molecular formula is C20H22ClN5O. The van der Waals surface area contributed by atoms with E-state index in [-0.39, 0.29) is 5.56 Å². The van der Waals surface area contributed by atoms with Crippen LogP contribution in [-0.4, -0.2) is 41.1 Å². The average molecular weight is 384 g/mol. The van der Waals surface area contributed by atoms with Crippen LogP contribution in [0.2, 0.25) is 5.02 Å². The van der Waals surface area contributed by atoms with Gasteiger partial charge in [0.1, 0.15) is 11.4 Å². The van der Waals surface area contributed by atoms with Crippen LogP contribution >= 0.6 is 11.6 Å². The van der Waals surface area contributed by atoms with E-state index in [2.05, 4.69) is 44.2 Å². The number of anilines is 1. The van der Waals surface area contributed by atoms with Gasteiger partial charge in [0.15, 0.2) is 0 Å². The van der Waals surface area contributed by atoms with Gasteiger partial charge >= 0.3 is 0 Å². The third-order valence-electron chi connectivity index (χ3n) is 6.04. The summed E-state index contributed by atoms with van der Waals surface area (Å²) in [5, 5.41) is 3.91. The van der Waals surface area contributed by atoms with E-state index in [4.69, 9.17) is 11.6 Å². The Bertz CT molecular complexity index is 1080. The standard InChI is InChI=1S/C20H22ClN5O/c1-12-8-13(26-7-4-20(11-26)3-6-22-10-20)9-15-17(12)25-18(24-15)16-14(21)2-5-23-19(16)27/h2,5,8-9,22H,3-4,6-7,10-11H2,1H3,(H,23,27)(H,24,25). The summed E-state index contributed by atoms with van der Waals surface area (Å²) in [6.45, 7) is 6.49. The largest absolute Gasteiger partial charge is 0.371 e. The number of H-pyrrole nitrogens is 2. The number of halogens is 1. The van der Waals surface area contributed by atoms with E-state index in [1.165, 1.54) is 18.5 Å². The first-order valence-electron chi connectivity index (χ1n) is 9.38. The lowest BCUT2D eigenvalue weighted by molar-refractivity contribution is 0.369. The molecule has 2 fully saturated rings. The molecule has 1 aromatic carbocycles. The first-order chi connectivity index (χ1) is 13.0. The fraction of sp³-hybridized carbons (Fsp3) is 0.400. The quantitative estimate of drug-likeness (QED) is 0.635. The molecule has 0 bridgehead atoms. The highest BCUT2D eigenvalue weighted by molar-refractivity contribution is 6.33. The normalized spacial score (nSPS) is 22.4. The number of nitrogens with zero attached hydrogens (tertiary/aromatic N) is 2. The Hall–Kier alpha value is -2.31. The first-order valence-corrected chi connectivity index (χ1v) is 9.76. The molecule has 1 atom stereocenters. The van der Waals surface area contributed by atoms with Gasteiger partial charge in [0.2, 0.25) is 0 Å². The number of aryl methyl sites for hydroxylation is 1. The van der Waals surface area contributed by atoms with Crippen molar-refractivity contribution in [2.75, 3.05) is 31.1 Å². The molecule has 1 spiro atoms. The second kappa shape index (κ2) is 6.11. The Morgan fingerprint density at radius 2 is 2.19 bits per heavy atom. The van der Waals surface area contributed by atoms with Crippen molar-refractivity contribution in [3.05, 3.63) is 45.3 Å². The minimum Gasteiger partial charge on any atom is -0.371 e. The molecule has 4 heterocycles. The van der Waals surface area contributed by atoms with E-state index in [0.717, 1.165) is 42.8 Å². The van der Waals surface area contributed by atoms with Gasteiger partial charge in [-0.1, -0.05) is 11.6 Å². The number of fused-ring (bicyclic) bond motifs is 1. The summed E-state index contributed by atoms with van der Waals surface area (Å²) in [5.74, 6) is 0.509. The van der Waals surface area contributed by atoms with E-state index in [0.29, 0.717) is 21.8 Å². The number of hydrogen-bond donors (Lipinski definition) is 3. The highest BCUT2D eigenvalue weighted by Crippen LogP contribution is 2.39. The van der Waals surface area contributed by atoms with Crippen molar-refractivity contribution in [3.63, 3.8) is 0 Å². The van der Waals surface area contributed by atoms with Gasteiger partial charge < -0.3 is 20.2 Å². The van der Waals surface area contributed by atoms with Crippen molar-refractivity contribution in [2.45, 2.75) is 19.8 Å². The van der Waals surface area contributed by atoms with E-state index < -0.39 is 0 Å². The predicted octanol–water partition coefficient (Wildman–Crippen LogP) is 3.07. The van der Waals surface area contributed by atoms with Crippen LogP contribution < -0.4 is 15.8 Å². The molecule has 140 valence electrons. The van der Waals surface area contributed by atoms with Crippen molar-refractivity contribution in [1.82, 2.24) is 20.3 Å². The van der Waals surface area contributed by atoms with Gasteiger partial charge in [-0.2, -0.15) is 0 Å². The molecule has 2 aliphatic heterocycles. The molecule has 0 radical (unpaired) electrons. The molecule has 7 heteroatoms. The van der Waals surface area contributed by atoms with Gasteiger partial charge in [0.05, 0.1) is 16.1 Å².